The third-order valence-corrected chi connectivity index (χ3v) is 6.43. The molecule has 5 rings (SSSR count). The van der Waals surface area contributed by atoms with Crippen molar-refractivity contribution in [2.75, 3.05) is 20.0 Å². The normalized spacial score (nSPS) is 12.9. The summed E-state index contributed by atoms with van der Waals surface area (Å²) in [7, 11) is 3.29. The summed E-state index contributed by atoms with van der Waals surface area (Å²) in [4.78, 5) is 4.80. The molecule has 3 heterocycles. The zero-order valence-corrected chi connectivity index (χ0v) is 18.4. The van der Waals surface area contributed by atoms with Crippen LogP contribution in [0.4, 0.5) is 0 Å². The fourth-order valence-electron chi connectivity index (χ4n) is 3.84. The number of nitrogens with zero attached hydrogens (tertiary/aromatic N) is 4. The number of halogens is 1. The van der Waals surface area contributed by atoms with Gasteiger partial charge >= 0.3 is 5.95 Å². The Hall–Kier alpha value is -2.77. The van der Waals surface area contributed by atoms with Crippen LogP contribution in [0.3, 0.4) is 0 Å². The summed E-state index contributed by atoms with van der Waals surface area (Å²) in [5.41, 5.74) is 3.02. The van der Waals surface area contributed by atoms with Crippen molar-refractivity contribution < 1.29 is 14.0 Å². The molecule has 0 saturated carbocycles. The van der Waals surface area contributed by atoms with Gasteiger partial charge in [0, 0.05) is 26.8 Å². The van der Waals surface area contributed by atoms with Crippen molar-refractivity contribution in [1.29, 1.82) is 0 Å². The molecular formula is C22H20ClN4O2S+. The van der Waals surface area contributed by atoms with Crippen molar-refractivity contribution in [3.8, 4) is 28.7 Å². The number of thioether (sulfide) groups is 1. The molecule has 1 aliphatic heterocycles. The van der Waals surface area contributed by atoms with Crippen molar-refractivity contribution in [3.05, 3.63) is 53.2 Å². The summed E-state index contributed by atoms with van der Waals surface area (Å²) in [5.74, 6) is 3.04. The molecule has 0 amide bonds. The van der Waals surface area contributed by atoms with Gasteiger partial charge in [-0.2, -0.15) is 9.25 Å². The SMILES string of the molecule is COc1cc2cc(C)[n+](-c3nc4n(n3)CCS4)c(-c3ccc(Cl)cc3)c2cc1OC. The minimum absolute atomic E-state index is 0.663. The molecule has 8 heteroatoms. The van der Waals surface area contributed by atoms with Gasteiger partial charge in [0.05, 0.1) is 26.5 Å². The molecule has 0 bridgehead atoms. The van der Waals surface area contributed by atoms with Crippen LogP contribution in [0.15, 0.2) is 47.6 Å². The van der Waals surface area contributed by atoms with Crippen molar-refractivity contribution in [2.45, 2.75) is 18.6 Å². The lowest BCUT2D eigenvalue weighted by Crippen LogP contribution is -2.39. The Balaban J connectivity index is 1.86. The molecule has 2 aromatic carbocycles. The summed E-state index contributed by atoms with van der Waals surface area (Å²) >= 11 is 7.90. The second kappa shape index (κ2) is 7.49. The van der Waals surface area contributed by atoms with Crippen LogP contribution in [0.25, 0.3) is 28.0 Å². The largest absolute Gasteiger partial charge is 0.493 e. The molecule has 0 unspecified atom stereocenters. The van der Waals surface area contributed by atoms with Gasteiger partial charge in [-0.15, -0.1) is 0 Å². The van der Waals surface area contributed by atoms with Crippen LogP contribution in [0, 0.1) is 6.92 Å². The van der Waals surface area contributed by atoms with Gasteiger partial charge in [-0.05, 0) is 59.8 Å². The molecule has 0 aliphatic carbocycles. The first-order valence-corrected chi connectivity index (χ1v) is 10.9. The molecular weight excluding hydrogens is 420 g/mol. The lowest BCUT2D eigenvalue weighted by molar-refractivity contribution is -0.597. The third kappa shape index (κ3) is 3.09. The highest BCUT2D eigenvalue weighted by Crippen LogP contribution is 2.37. The van der Waals surface area contributed by atoms with Crippen LogP contribution in [0.1, 0.15) is 5.69 Å². The number of methoxy groups -OCH3 is 2. The molecule has 2 aromatic heterocycles. The quantitative estimate of drug-likeness (QED) is 0.439. The average Bonchev–Trinajstić information content (AvgIpc) is 3.34. The minimum Gasteiger partial charge on any atom is -0.493 e. The fraction of sp³-hybridized carbons (Fsp3) is 0.227. The number of fused-ring (bicyclic) bond motifs is 2. The van der Waals surface area contributed by atoms with E-state index in [0.717, 1.165) is 45.2 Å². The molecule has 0 N–H and O–H groups in total. The summed E-state index contributed by atoms with van der Waals surface area (Å²) < 4.78 is 15.2. The number of ether oxygens (including phenoxy) is 2. The van der Waals surface area contributed by atoms with E-state index in [4.69, 9.17) is 31.2 Å². The Bertz CT molecular complexity index is 1250. The molecule has 0 radical (unpaired) electrons. The number of aromatic nitrogens is 4. The molecule has 1 aliphatic rings. The standard InChI is InChI=1S/C22H20ClN4O2S/c1-13-10-15-11-18(28-2)19(29-3)12-17(15)20(14-4-6-16(23)7-5-14)27(13)21-24-22-26(25-21)8-9-30-22/h4-7,10-12H,8-9H2,1-3H3/q+1. The highest BCUT2D eigenvalue weighted by molar-refractivity contribution is 7.99. The first-order chi connectivity index (χ1) is 14.6. The number of pyridine rings is 1. The van der Waals surface area contributed by atoms with Crippen molar-refractivity contribution >= 4 is 34.1 Å². The predicted octanol–water partition coefficient (Wildman–Crippen LogP) is 4.46. The lowest BCUT2D eigenvalue weighted by Gasteiger charge is -2.15. The Morgan fingerprint density at radius 2 is 1.80 bits per heavy atom. The maximum Gasteiger partial charge on any atom is 0.461 e. The van der Waals surface area contributed by atoms with Crippen LogP contribution in [0.5, 0.6) is 11.5 Å². The minimum atomic E-state index is 0.663. The highest BCUT2D eigenvalue weighted by Gasteiger charge is 2.30. The number of benzene rings is 2. The summed E-state index contributed by atoms with van der Waals surface area (Å²) in [5, 5.41) is 8.48. The fourth-order valence-corrected chi connectivity index (χ4v) is 4.84. The molecule has 0 spiro atoms. The van der Waals surface area contributed by atoms with Crippen LogP contribution in [-0.4, -0.2) is 34.7 Å². The second-order valence-corrected chi connectivity index (χ2v) is 8.54. The maximum atomic E-state index is 6.17. The highest BCUT2D eigenvalue weighted by atomic mass is 35.5. The van der Waals surface area contributed by atoms with Gasteiger partial charge < -0.3 is 9.47 Å². The van der Waals surface area contributed by atoms with E-state index in [1.54, 1.807) is 26.0 Å². The van der Waals surface area contributed by atoms with Gasteiger partial charge in [0.2, 0.25) is 0 Å². The van der Waals surface area contributed by atoms with Crippen LogP contribution in [-0.2, 0) is 6.54 Å². The van der Waals surface area contributed by atoms with E-state index >= 15 is 0 Å². The first kappa shape index (κ1) is 19.2. The second-order valence-electron chi connectivity index (χ2n) is 7.04. The van der Waals surface area contributed by atoms with Gasteiger partial charge in [-0.25, -0.2) is 0 Å². The maximum absolute atomic E-state index is 6.17. The van der Waals surface area contributed by atoms with E-state index in [2.05, 4.69) is 17.6 Å². The van der Waals surface area contributed by atoms with Crippen LogP contribution in [0.2, 0.25) is 5.02 Å². The smallest absolute Gasteiger partial charge is 0.461 e. The molecule has 0 atom stereocenters. The summed E-state index contributed by atoms with van der Waals surface area (Å²) in [6.07, 6.45) is 0. The Morgan fingerprint density at radius 3 is 2.50 bits per heavy atom. The first-order valence-electron chi connectivity index (χ1n) is 9.54. The monoisotopic (exact) mass is 439 g/mol. The van der Waals surface area contributed by atoms with E-state index in [0.29, 0.717) is 22.5 Å². The average molecular weight is 440 g/mol. The number of hydrogen-bond acceptors (Lipinski definition) is 5. The van der Waals surface area contributed by atoms with E-state index in [1.165, 1.54) is 0 Å². The topological polar surface area (TPSA) is 53.0 Å². The summed E-state index contributed by atoms with van der Waals surface area (Å²) in [6.45, 7) is 2.94. The Kier molecular flexibility index (Phi) is 4.79. The Labute approximate surface area is 183 Å². The zero-order valence-electron chi connectivity index (χ0n) is 16.8. The van der Waals surface area contributed by atoms with E-state index in [-0.39, 0.29) is 0 Å². The predicted molar refractivity (Wildman–Crippen MR) is 118 cm³/mol. The summed E-state index contributed by atoms with van der Waals surface area (Å²) in [6, 6.07) is 14.0. The van der Waals surface area contributed by atoms with Gasteiger partial charge in [0.1, 0.15) is 5.69 Å². The molecule has 6 nitrogen and oxygen atoms in total. The number of rotatable bonds is 4. The van der Waals surface area contributed by atoms with E-state index < -0.39 is 0 Å². The van der Waals surface area contributed by atoms with Gasteiger partial charge in [-0.3, -0.25) is 0 Å². The van der Waals surface area contributed by atoms with E-state index in [9.17, 15) is 0 Å². The van der Waals surface area contributed by atoms with Crippen LogP contribution >= 0.6 is 23.4 Å². The van der Waals surface area contributed by atoms with Gasteiger partial charge in [0.15, 0.2) is 11.5 Å². The molecule has 152 valence electrons. The van der Waals surface area contributed by atoms with Crippen molar-refractivity contribution in [2.24, 2.45) is 0 Å². The zero-order chi connectivity index (χ0) is 20.8. The molecule has 4 aromatic rings. The molecule has 0 fully saturated rings. The third-order valence-electron chi connectivity index (χ3n) is 5.23. The van der Waals surface area contributed by atoms with Gasteiger partial charge in [-0.1, -0.05) is 23.4 Å². The van der Waals surface area contributed by atoms with Crippen molar-refractivity contribution in [3.63, 3.8) is 0 Å². The van der Waals surface area contributed by atoms with Crippen LogP contribution < -0.4 is 14.0 Å². The van der Waals surface area contributed by atoms with E-state index in [1.807, 2.05) is 41.1 Å². The Morgan fingerprint density at radius 1 is 1.07 bits per heavy atom. The van der Waals surface area contributed by atoms with Gasteiger partial charge in [0.25, 0.3) is 5.16 Å². The molecule has 30 heavy (non-hydrogen) atoms. The number of hydrogen-bond donors (Lipinski definition) is 0. The number of aryl methyl sites for hydroxylation is 2. The van der Waals surface area contributed by atoms with Crippen molar-refractivity contribution in [1.82, 2.24) is 14.8 Å². The lowest BCUT2D eigenvalue weighted by atomic mass is 10.0. The molecule has 0 saturated heterocycles.